The Hall–Kier alpha value is -2.24. The molecule has 1 amide bonds. The van der Waals surface area contributed by atoms with Crippen molar-refractivity contribution in [3.05, 3.63) is 41.2 Å². The smallest absolute Gasteiger partial charge is 0.257 e. The highest BCUT2D eigenvalue weighted by molar-refractivity contribution is 6.04. The zero-order valence-corrected chi connectivity index (χ0v) is 9.41. The van der Waals surface area contributed by atoms with Crippen molar-refractivity contribution in [1.82, 2.24) is 15.2 Å². The predicted octanol–water partition coefficient (Wildman–Crippen LogP) is 1.81. The van der Waals surface area contributed by atoms with Crippen molar-refractivity contribution in [1.29, 1.82) is 0 Å². The van der Waals surface area contributed by atoms with Gasteiger partial charge in [-0.25, -0.2) is 4.98 Å². The molecule has 0 spiro atoms. The van der Waals surface area contributed by atoms with Gasteiger partial charge in [-0.3, -0.25) is 9.89 Å². The van der Waals surface area contributed by atoms with Crippen molar-refractivity contribution in [3.63, 3.8) is 0 Å². The molecule has 0 fully saturated rings. The SMILES string of the molecule is Cc1n[nH]c(C)c1NC(=O)c1ccc(F)nc1. The maximum Gasteiger partial charge on any atom is 0.257 e. The van der Waals surface area contributed by atoms with Gasteiger partial charge in [0.25, 0.3) is 5.91 Å². The Balaban J connectivity index is 2.20. The van der Waals surface area contributed by atoms with Crippen LogP contribution >= 0.6 is 0 Å². The monoisotopic (exact) mass is 234 g/mol. The zero-order valence-electron chi connectivity index (χ0n) is 9.41. The third-order valence-corrected chi connectivity index (χ3v) is 2.36. The molecule has 0 bridgehead atoms. The standard InChI is InChI=1S/C11H11FN4O/c1-6-10(7(2)16-15-6)14-11(17)8-3-4-9(12)13-5-8/h3-5H,1-2H3,(H,14,17)(H,15,16). The molecule has 0 aliphatic carbocycles. The number of nitrogens with one attached hydrogen (secondary N) is 2. The van der Waals surface area contributed by atoms with E-state index < -0.39 is 5.95 Å². The fraction of sp³-hybridized carbons (Fsp3) is 0.182. The number of aromatic amines is 1. The van der Waals surface area contributed by atoms with E-state index in [9.17, 15) is 9.18 Å². The summed E-state index contributed by atoms with van der Waals surface area (Å²) >= 11 is 0. The Morgan fingerprint density at radius 3 is 2.71 bits per heavy atom. The number of pyridine rings is 1. The number of nitrogens with zero attached hydrogens (tertiary/aromatic N) is 2. The van der Waals surface area contributed by atoms with Crippen molar-refractivity contribution in [2.75, 3.05) is 5.32 Å². The average Bonchev–Trinajstić information content (AvgIpc) is 2.61. The number of aryl methyl sites for hydroxylation is 2. The van der Waals surface area contributed by atoms with E-state index in [1.165, 1.54) is 12.3 Å². The maximum absolute atomic E-state index is 12.6. The van der Waals surface area contributed by atoms with Crippen molar-refractivity contribution < 1.29 is 9.18 Å². The second-order valence-electron chi connectivity index (χ2n) is 3.63. The van der Waals surface area contributed by atoms with Gasteiger partial charge in [-0.1, -0.05) is 0 Å². The Labute approximate surface area is 97.1 Å². The van der Waals surface area contributed by atoms with Crippen LogP contribution in [0.2, 0.25) is 0 Å². The van der Waals surface area contributed by atoms with E-state index in [4.69, 9.17) is 0 Å². The molecular formula is C11H11FN4O. The lowest BCUT2D eigenvalue weighted by Gasteiger charge is -2.04. The number of anilines is 1. The first-order chi connectivity index (χ1) is 8.08. The van der Waals surface area contributed by atoms with Crippen LogP contribution in [-0.2, 0) is 0 Å². The molecule has 0 atom stereocenters. The van der Waals surface area contributed by atoms with Crippen LogP contribution in [0, 0.1) is 19.8 Å². The number of H-pyrrole nitrogens is 1. The zero-order chi connectivity index (χ0) is 12.4. The van der Waals surface area contributed by atoms with Gasteiger partial charge >= 0.3 is 0 Å². The Morgan fingerprint density at radius 1 is 1.41 bits per heavy atom. The highest BCUT2D eigenvalue weighted by atomic mass is 19.1. The molecule has 2 rings (SSSR count). The van der Waals surface area contributed by atoms with Crippen LogP contribution in [0.3, 0.4) is 0 Å². The van der Waals surface area contributed by atoms with Gasteiger partial charge in [-0.15, -0.1) is 0 Å². The Morgan fingerprint density at radius 2 is 2.18 bits per heavy atom. The Kier molecular flexibility index (Phi) is 2.86. The average molecular weight is 234 g/mol. The molecule has 6 heteroatoms. The number of amides is 1. The first kappa shape index (κ1) is 11.3. The lowest BCUT2D eigenvalue weighted by atomic mass is 10.2. The van der Waals surface area contributed by atoms with Gasteiger partial charge < -0.3 is 5.32 Å². The van der Waals surface area contributed by atoms with Crippen LogP contribution in [0.5, 0.6) is 0 Å². The molecule has 0 saturated carbocycles. The molecule has 0 aliphatic rings. The molecule has 88 valence electrons. The van der Waals surface area contributed by atoms with Gasteiger partial charge in [-0.2, -0.15) is 9.49 Å². The summed E-state index contributed by atoms with van der Waals surface area (Å²) in [7, 11) is 0. The topological polar surface area (TPSA) is 70.7 Å². The third-order valence-electron chi connectivity index (χ3n) is 2.36. The summed E-state index contributed by atoms with van der Waals surface area (Å²) in [5, 5.41) is 9.42. The summed E-state index contributed by atoms with van der Waals surface area (Å²) in [4.78, 5) is 15.2. The third kappa shape index (κ3) is 2.30. The van der Waals surface area contributed by atoms with Gasteiger partial charge in [-0.05, 0) is 26.0 Å². The molecule has 0 aliphatic heterocycles. The van der Waals surface area contributed by atoms with E-state index in [0.29, 0.717) is 16.9 Å². The summed E-state index contributed by atoms with van der Waals surface area (Å²) in [6, 6.07) is 2.52. The van der Waals surface area contributed by atoms with E-state index in [1.54, 1.807) is 13.8 Å². The number of rotatable bonds is 2. The molecular weight excluding hydrogens is 223 g/mol. The molecule has 0 aromatic carbocycles. The Bertz CT molecular complexity index is 528. The van der Waals surface area contributed by atoms with E-state index in [-0.39, 0.29) is 5.91 Å². The van der Waals surface area contributed by atoms with Crippen molar-refractivity contribution in [3.8, 4) is 0 Å². The molecule has 2 aromatic heterocycles. The van der Waals surface area contributed by atoms with Crippen molar-refractivity contribution in [2.45, 2.75) is 13.8 Å². The minimum atomic E-state index is -0.614. The van der Waals surface area contributed by atoms with Crippen molar-refractivity contribution >= 4 is 11.6 Å². The maximum atomic E-state index is 12.6. The van der Waals surface area contributed by atoms with Gasteiger partial charge in [0.2, 0.25) is 5.95 Å². The van der Waals surface area contributed by atoms with Crippen LogP contribution in [0.4, 0.5) is 10.1 Å². The largest absolute Gasteiger partial charge is 0.319 e. The summed E-state index contributed by atoms with van der Waals surface area (Å²) in [6.07, 6.45) is 1.19. The van der Waals surface area contributed by atoms with Crippen LogP contribution in [0.15, 0.2) is 18.3 Å². The molecule has 2 aromatic rings. The molecule has 0 saturated heterocycles. The molecule has 17 heavy (non-hydrogen) atoms. The van der Waals surface area contributed by atoms with Gasteiger partial charge in [0.1, 0.15) is 0 Å². The number of hydrogen-bond donors (Lipinski definition) is 2. The first-order valence-electron chi connectivity index (χ1n) is 5.02. The van der Waals surface area contributed by atoms with Gasteiger partial charge in [0.15, 0.2) is 0 Å². The number of hydrogen-bond acceptors (Lipinski definition) is 3. The molecule has 5 nitrogen and oxygen atoms in total. The molecule has 0 unspecified atom stereocenters. The lowest BCUT2D eigenvalue weighted by molar-refractivity contribution is 0.102. The summed E-state index contributed by atoms with van der Waals surface area (Å²) in [5.74, 6) is -0.956. The predicted molar refractivity (Wildman–Crippen MR) is 60.2 cm³/mol. The molecule has 0 radical (unpaired) electrons. The second-order valence-corrected chi connectivity index (χ2v) is 3.63. The lowest BCUT2D eigenvalue weighted by Crippen LogP contribution is -2.13. The second kappa shape index (κ2) is 4.32. The normalized spacial score (nSPS) is 10.3. The quantitative estimate of drug-likeness (QED) is 0.778. The van der Waals surface area contributed by atoms with E-state index in [1.807, 2.05) is 0 Å². The van der Waals surface area contributed by atoms with E-state index >= 15 is 0 Å². The van der Waals surface area contributed by atoms with Crippen LogP contribution < -0.4 is 5.32 Å². The van der Waals surface area contributed by atoms with Gasteiger partial charge in [0.05, 0.1) is 22.6 Å². The fourth-order valence-corrected chi connectivity index (χ4v) is 1.43. The number of carbonyl (C=O) groups is 1. The van der Waals surface area contributed by atoms with E-state index in [0.717, 1.165) is 11.8 Å². The summed E-state index contributed by atoms with van der Waals surface area (Å²) in [5.41, 5.74) is 2.41. The first-order valence-corrected chi connectivity index (χ1v) is 5.02. The van der Waals surface area contributed by atoms with Crippen LogP contribution in [0.25, 0.3) is 0 Å². The summed E-state index contributed by atoms with van der Waals surface area (Å²) in [6.45, 7) is 3.58. The van der Waals surface area contributed by atoms with Crippen LogP contribution in [0.1, 0.15) is 21.7 Å². The van der Waals surface area contributed by atoms with E-state index in [2.05, 4.69) is 20.5 Å². The minimum absolute atomic E-state index is 0.298. The van der Waals surface area contributed by atoms with Crippen LogP contribution in [-0.4, -0.2) is 21.1 Å². The minimum Gasteiger partial charge on any atom is -0.319 e. The van der Waals surface area contributed by atoms with Crippen molar-refractivity contribution in [2.24, 2.45) is 0 Å². The molecule has 2 N–H and O–H groups in total. The number of aromatic nitrogens is 3. The van der Waals surface area contributed by atoms with Gasteiger partial charge in [0, 0.05) is 6.20 Å². The highest BCUT2D eigenvalue weighted by Gasteiger charge is 2.12. The highest BCUT2D eigenvalue weighted by Crippen LogP contribution is 2.16. The number of carbonyl (C=O) groups excluding carboxylic acids is 1. The summed E-state index contributed by atoms with van der Waals surface area (Å²) < 4.78 is 12.6. The molecule has 2 heterocycles. The number of halogens is 1. The fourth-order valence-electron chi connectivity index (χ4n) is 1.43.